The summed E-state index contributed by atoms with van der Waals surface area (Å²) >= 11 is 5.79. The van der Waals surface area contributed by atoms with Crippen LogP contribution in [-0.4, -0.2) is 27.7 Å². The second kappa shape index (κ2) is 8.78. The van der Waals surface area contributed by atoms with Crippen molar-refractivity contribution in [1.82, 2.24) is 19.9 Å². The van der Waals surface area contributed by atoms with Gasteiger partial charge in [0.15, 0.2) is 0 Å². The van der Waals surface area contributed by atoms with Crippen molar-refractivity contribution in [1.29, 1.82) is 0 Å². The Morgan fingerprint density at radius 3 is 3.00 bits per heavy atom. The van der Waals surface area contributed by atoms with Crippen LogP contribution >= 0.6 is 11.6 Å². The van der Waals surface area contributed by atoms with E-state index in [2.05, 4.69) is 21.9 Å². The van der Waals surface area contributed by atoms with E-state index in [9.17, 15) is 4.39 Å². The molecule has 0 aliphatic rings. The predicted octanol–water partition coefficient (Wildman–Crippen LogP) is 3.88. The van der Waals surface area contributed by atoms with Crippen LogP contribution < -0.4 is 10.1 Å². The predicted molar refractivity (Wildman–Crippen MR) is 101 cm³/mol. The number of nitrogens with one attached hydrogen (secondary N) is 1. The molecule has 0 saturated heterocycles. The van der Waals surface area contributed by atoms with E-state index in [1.165, 1.54) is 12.1 Å². The Hall–Kier alpha value is -2.44. The number of aryl methyl sites for hydroxylation is 1. The standard InChI is InChI=1S/C19H20ClFN4O/c1-14(20)12-26-19-16(9-15-3-4-17(21)10-18(15)24-19)11-22-5-2-7-25-8-6-23-13-25/h3-4,6,8-10,13,22H,1-2,5,7,11-12H2. The van der Waals surface area contributed by atoms with Crippen LogP contribution in [0.4, 0.5) is 4.39 Å². The molecule has 1 N–H and O–H groups in total. The number of imidazole rings is 1. The number of aromatic nitrogens is 3. The van der Waals surface area contributed by atoms with Crippen LogP contribution in [0.15, 0.2) is 54.6 Å². The molecule has 0 bridgehead atoms. The van der Waals surface area contributed by atoms with Crippen molar-refractivity contribution in [3.05, 3.63) is 66.0 Å². The van der Waals surface area contributed by atoms with Crippen molar-refractivity contribution < 1.29 is 9.13 Å². The van der Waals surface area contributed by atoms with E-state index in [4.69, 9.17) is 16.3 Å². The van der Waals surface area contributed by atoms with Crippen LogP contribution in [0.5, 0.6) is 5.88 Å². The Kier molecular flexibility index (Phi) is 6.20. The molecule has 5 nitrogen and oxygen atoms in total. The SMILES string of the molecule is C=C(Cl)COc1nc2cc(F)ccc2cc1CNCCCn1ccnc1. The van der Waals surface area contributed by atoms with Crippen molar-refractivity contribution in [3.8, 4) is 5.88 Å². The zero-order chi connectivity index (χ0) is 18.4. The molecule has 26 heavy (non-hydrogen) atoms. The molecule has 3 rings (SSSR count). The van der Waals surface area contributed by atoms with Gasteiger partial charge in [-0.3, -0.25) is 0 Å². The van der Waals surface area contributed by atoms with Crippen molar-refractivity contribution in [3.63, 3.8) is 0 Å². The van der Waals surface area contributed by atoms with Crippen molar-refractivity contribution in [2.24, 2.45) is 0 Å². The van der Waals surface area contributed by atoms with Crippen LogP contribution in [-0.2, 0) is 13.1 Å². The first-order valence-corrected chi connectivity index (χ1v) is 8.71. The van der Waals surface area contributed by atoms with Crippen LogP contribution in [0.25, 0.3) is 10.9 Å². The van der Waals surface area contributed by atoms with Crippen molar-refractivity contribution in [2.45, 2.75) is 19.5 Å². The van der Waals surface area contributed by atoms with Crippen LogP contribution in [0, 0.1) is 5.82 Å². The second-order valence-corrected chi connectivity index (χ2v) is 6.46. The summed E-state index contributed by atoms with van der Waals surface area (Å²) in [6.07, 6.45) is 6.48. The fourth-order valence-corrected chi connectivity index (χ4v) is 2.65. The maximum atomic E-state index is 13.5. The molecule has 0 atom stereocenters. The highest BCUT2D eigenvalue weighted by molar-refractivity contribution is 6.29. The first kappa shape index (κ1) is 18.4. The minimum Gasteiger partial charge on any atom is -0.472 e. The van der Waals surface area contributed by atoms with E-state index in [-0.39, 0.29) is 12.4 Å². The average molecular weight is 375 g/mol. The maximum absolute atomic E-state index is 13.5. The average Bonchev–Trinajstić information content (AvgIpc) is 3.13. The zero-order valence-corrected chi connectivity index (χ0v) is 15.0. The minimum absolute atomic E-state index is 0.156. The summed E-state index contributed by atoms with van der Waals surface area (Å²) in [5.74, 6) is 0.107. The molecule has 0 fully saturated rings. The monoisotopic (exact) mass is 374 g/mol. The lowest BCUT2D eigenvalue weighted by Crippen LogP contribution is -2.17. The van der Waals surface area contributed by atoms with Gasteiger partial charge in [-0.05, 0) is 31.2 Å². The third kappa shape index (κ3) is 5.03. The first-order valence-electron chi connectivity index (χ1n) is 8.33. The zero-order valence-electron chi connectivity index (χ0n) is 14.3. The fraction of sp³-hybridized carbons (Fsp3) is 0.263. The lowest BCUT2D eigenvalue weighted by molar-refractivity contribution is 0.341. The summed E-state index contributed by atoms with van der Waals surface area (Å²) in [4.78, 5) is 8.46. The molecular weight excluding hydrogens is 355 g/mol. The molecule has 0 aliphatic carbocycles. The van der Waals surface area contributed by atoms with E-state index in [0.717, 1.165) is 30.5 Å². The number of pyridine rings is 1. The van der Waals surface area contributed by atoms with Gasteiger partial charge in [0.1, 0.15) is 12.4 Å². The van der Waals surface area contributed by atoms with Gasteiger partial charge >= 0.3 is 0 Å². The summed E-state index contributed by atoms with van der Waals surface area (Å²) in [6, 6.07) is 6.48. The summed E-state index contributed by atoms with van der Waals surface area (Å²) in [5.41, 5.74) is 1.44. The normalized spacial score (nSPS) is 11.0. The van der Waals surface area contributed by atoms with Crippen LogP contribution in [0.3, 0.4) is 0 Å². The van der Waals surface area contributed by atoms with E-state index in [1.807, 2.05) is 16.8 Å². The molecule has 0 radical (unpaired) electrons. The quantitative estimate of drug-likeness (QED) is 0.577. The number of nitrogens with zero attached hydrogens (tertiary/aromatic N) is 3. The lowest BCUT2D eigenvalue weighted by Gasteiger charge is -2.13. The topological polar surface area (TPSA) is 52.0 Å². The Morgan fingerprint density at radius 1 is 1.35 bits per heavy atom. The van der Waals surface area contributed by atoms with Gasteiger partial charge in [-0.15, -0.1) is 0 Å². The van der Waals surface area contributed by atoms with Gasteiger partial charge in [0, 0.05) is 47.5 Å². The lowest BCUT2D eigenvalue weighted by atomic mass is 10.1. The number of rotatable bonds is 9. The Labute approximate surface area is 156 Å². The van der Waals surface area contributed by atoms with Gasteiger partial charge < -0.3 is 14.6 Å². The van der Waals surface area contributed by atoms with Crippen LogP contribution in [0.1, 0.15) is 12.0 Å². The smallest absolute Gasteiger partial charge is 0.218 e. The minimum atomic E-state index is -0.330. The molecule has 1 aromatic carbocycles. The Bertz CT molecular complexity index is 883. The number of hydrogen-bond acceptors (Lipinski definition) is 4. The molecule has 7 heteroatoms. The Balaban J connectivity index is 1.66. The van der Waals surface area contributed by atoms with Crippen molar-refractivity contribution in [2.75, 3.05) is 13.2 Å². The maximum Gasteiger partial charge on any atom is 0.218 e. The second-order valence-electron chi connectivity index (χ2n) is 5.93. The number of benzene rings is 1. The molecule has 0 spiro atoms. The van der Waals surface area contributed by atoms with Gasteiger partial charge in [0.25, 0.3) is 0 Å². The molecule has 0 saturated carbocycles. The molecular formula is C19H20ClFN4O. The summed E-state index contributed by atoms with van der Waals surface area (Å²) in [5, 5.41) is 4.62. The highest BCUT2D eigenvalue weighted by atomic mass is 35.5. The summed E-state index contributed by atoms with van der Waals surface area (Å²) in [6.45, 7) is 6.10. The summed E-state index contributed by atoms with van der Waals surface area (Å²) in [7, 11) is 0. The highest BCUT2D eigenvalue weighted by Gasteiger charge is 2.09. The Morgan fingerprint density at radius 2 is 2.23 bits per heavy atom. The van der Waals surface area contributed by atoms with E-state index in [1.54, 1.807) is 18.6 Å². The third-order valence-corrected chi connectivity index (χ3v) is 3.94. The number of hydrogen-bond donors (Lipinski definition) is 1. The molecule has 0 amide bonds. The van der Waals surface area contributed by atoms with Gasteiger partial charge in [0.2, 0.25) is 5.88 Å². The van der Waals surface area contributed by atoms with E-state index in [0.29, 0.717) is 23.0 Å². The first-order chi connectivity index (χ1) is 12.6. The van der Waals surface area contributed by atoms with Gasteiger partial charge in [0.05, 0.1) is 11.8 Å². The molecule has 3 aromatic rings. The van der Waals surface area contributed by atoms with Crippen molar-refractivity contribution >= 4 is 22.5 Å². The molecule has 2 aromatic heterocycles. The van der Waals surface area contributed by atoms with E-state index < -0.39 is 0 Å². The largest absolute Gasteiger partial charge is 0.472 e. The molecule has 2 heterocycles. The van der Waals surface area contributed by atoms with Gasteiger partial charge in [-0.2, -0.15) is 0 Å². The third-order valence-electron chi connectivity index (χ3n) is 3.83. The van der Waals surface area contributed by atoms with Gasteiger partial charge in [-0.25, -0.2) is 14.4 Å². The van der Waals surface area contributed by atoms with Gasteiger partial charge in [-0.1, -0.05) is 18.2 Å². The number of ether oxygens (including phenoxy) is 1. The fourth-order valence-electron chi connectivity index (χ4n) is 2.59. The highest BCUT2D eigenvalue weighted by Crippen LogP contribution is 2.23. The summed E-state index contributed by atoms with van der Waals surface area (Å²) < 4.78 is 21.1. The molecule has 0 aliphatic heterocycles. The molecule has 0 unspecified atom stereocenters. The van der Waals surface area contributed by atoms with E-state index >= 15 is 0 Å². The number of halogens is 2. The van der Waals surface area contributed by atoms with Crippen LogP contribution in [0.2, 0.25) is 0 Å². The number of fused-ring (bicyclic) bond motifs is 1. The molecule has 136 valence electrons.